The molecule has 0 radical (unpaired) electrons. The van der Waals surface area contributed by atoms with Crippen LogP contribution in [0.5, 0.6) is 0 Å². The van der Waals surface area contributed by atoms with Gasteiger partial charge in [0.2, 0.25) is 0 Å². The maximum atomic E-state index is 9.20. The van der Waals surface area contributed by atoms with E-state index in [2.05, 4.69) is 41.9 Å². The van der Waals surface area contributed by atoms with E-state index in [-0.39, 0.29) is 0 Å². The van der Waals surface area contributed by atoms with Crippen molar-refractivity contribution >= 4 is 28.5 Å². The van der Waals surface area contributed by atoms with Crippen molar-refractivity contribution in [2.75, 3.05) is 0 Å². The number of halogens is 1. The Morgan fingerprint density at radius 1 is 1.00 bits per heavy atom. The molecule has 0 aliphatic rings. The second-order valence-electron chi connectivity index (χ2n) is 4.38. The zero-order chi connectivity index (χ0) is 13.3. The van der Waals surface area contributed by atoms with Crippen molar-refractivity contribution in [3.63, 3.8) is 0 Å². The molecule has 92 valence electrons. The van der Waals surface area contributed by atoms with Crippen molar-refractivity contribution in [2.45, 2.75) is 13.8 Å². The van der Waals surface area contributed by atoms with Gasteiger partial charge in [0, 0.05) is 4.47 Å². The van der Waals surface area contributed by atoms with Crippen LogP contribution in [0.2, 0.25) is 0 Å². The van der Waals surface area contributed by atoms with E-state index in [1.807, 2.05) is 18.2 Å². The Labute approximate surface area is 116 Å². The molecule has 0 aliphatic heterocycles. The lowest BCUT2D eigenvalue weighted by Crippen LogP contribution is -2.30. The van der Waals surface area contributed by atoms with Crippen LogP contribution in [0.3, 0.4) is 0 Å². The van der Waals surface area contributed by atoms with E-state index < -0.39 is 7.12 Å². The van der Waals surface area contributed by atoms with Gasteiger partial charge in [0.05, 0.1) is 0 Å². The van der Waals surface area contributed by atoms with Crippen LogP contribution in [0.1, 0.15) is 11.1 Å². The van der Waals surface area contributed by atoms with Crippen molar-refractivity contribution in [1.82, 2.24) is 0 Å². The van der Waals surface area contributed by atoms with E-state index in [1.54, 1.807) is 6.07 Å². The Morgan fingerprint density at radius 2 is 1.61 bits per heavy atom. The largest absolute Gasteiger partial charge is 0.489 e. The maximum absolute atomic E-state index is 9.20. The molecule has 0 saturated heterocycles. The Balaban J connectivity index is 2.56. The third-order valence-corrected chi connectivity index (χ3v) is 3.74. The van der Waals surface area contributed by atoms with Gasteiger partial charge >= 0.3 is 7.12 Å². The Kier molecular flexibility index (Phi) is 3.90. The van der Waals surface area contributed by atoms with E-state index in [4.69, 9.17) is 0 Å². The van der Waals surface area contributed by atoms with Crippen LogP contribution in [-0.4, -0.2) is 17.2 Å². The van der Waals surface area contributed by atoms with Gasteiger partial charge in [0.15, 0.2) is 0 Å². The number of aryl methyl sites for hydroxylation is 2. The fourth-order valence-electron chi connectivity index (χ4n) is 2.16. The molecule has 2 rings (SSSR count). The Hall–Kier alpha value is -1.10. The van der Waals surface area contributed by atoms with E-state index >= 15 is 0 Å². The normalized spacial score (nSPS) is 10.5. The topological polar surface area (TPSA) is 40.5 Å². The molecule has 2 N–H and O–H groups in total. The molecule has 0 atom stereocenters. The highest BCUT2D eigenvalue weighted by atomic mass is 79.9. The fraction of sp³-hybridized carbons (Fsp3) is 0.143. The van der Waals surface area contributed by atoms with E-state index in [0.29, 0.717) is 9.94 Å². The number of benzene rings is 2. The van der Waals surface area contributed by atoms with Gasteiger partial charge in [0.25, 0.3) is 0 Å². The lowest BCUT2D eigenvalue weighted by molar-refractivity contribution is 0.425. The van der Waals surface area contributed by atoms with Gasteiger partial charge in [-0.3, -0.25) is 0 Å². The quantitative estimate of drug-likeness (QED) is 0.837. The van der Waals surface area contributed by atoms with Gasteiger partial charge in [-0.05, 0) is 47.6 Å². The third-order valence-electron chi connectivity index (χ3n) is 3.05. The summed E-state index contributed by atoms with van der Waals surface area (Å²) in [6.07, 6.45) is 0. The lowest BCUT2D eigenvalue weighted by atomic mass is 9.79. The van der Waals surface area contributed by atoms with Gasteiger partial charge in [0.1, 0.15) is 0 Å². The molecule has 0 bridgehead atoms. The zero-order valence-electron chi connectivity index (χ0n) is 10.3. The number of hydrogen-bond donors (Lipinski definition) is 2. The van der Waals surface area contributed by atoms with Gasteiger partial charge in [-0.15, -0.1) is 0 Å². The minimum atomic E-state index is -1.45. The standard InChI is InChI=1S/C14H14BBrO2/c1-9-4-3-5-10(2)14(9)11-6-7-12(15(17)18)13(16)8-11/h3-8,17-18H,1-2H3. The molecule has 0 heterocycles. The van der Waals surface area contributed by atoms with Crippen LogP contribution >= 0.6 is 15.9 Å². The van der Waals surface area contributed by atoms with Gasteiger partial charge in [-0.25, -0.2) is 0 Å². The van der Waals surface area contributed by atoms with Crippen LogP contribution < -0.4 is 5.46 Å². The minimum Gasteiger partial charge on any atom is -0.423 e. The summed E-state index contributed by atoms with van der Waals surface area (Å²) in [7, 11) is -1.45. The molecule has 0 spiro atoms. The Morgan fingerprint density at radius 3 is 2.11 bits per heavy atom. The van der Waals surface area contributed by atoms with Crippen molar-refractivity contribution in [1.29, 1.82) is 0 Å². The molecule has 0 aliphatic carbocycles. The van der Waals surface area contributed by atoms with Gasteiger partial charge in [-0.2, -0.15) is 0 Å². The van der Waals surface area contributed by atoms with Crippen molar-refractivity contribution in [3.05, 3.63) is 52.0 Å². The summed E-state index contributed by atoms with van der Waals surface area (Å²) in [6.45, 7) is 4.15. The van der Waals surface area contributed by atoms with Gasteiger partial charge in [-0.1, -0.05) is 46.3 Å². The predicted octanol–water partition coefficient (Wildman–Crippen LogP) is 2.41. The van der Waals surface area contributed by atoms with Crippen LogP contribution in [0.15, 0.2) is 40.9 Å². The zero-order valence-corrected chi connectivity index (χ0v) is 11.9. The van der Waals surface area contributed by atoms with Crippen molar-refractivity contribution < 1.29 is 10.0 Å². The van der Waals surface area contributed by atoms with E-state index in [0.717, 1.165) is 5.56 Å². The number of hydrogen-bond acceptors (Lipinski definition) is 2. The first-order valence-electron chi connectivity index (χ1n) is 5.73. The second kappa shape index (κ2) is 5.27. The fourth-order valence-corrected chi connectivity index (χ4v) is 2.75. The molecular formula is C14H14BBrO2. The molecule has 0 saturated carbocycles. The first-order valence-corrected chi connectivity index (χ1v) is 6.52. The first kappa shape index (κ1) is 13.3. The first-order chi connectivity index (χ1) is 8.50. The average Bonchev–Trinajstić information content (AvgIpc) is 2.28. The molecule has 2 aromatic rings. The smallest absolute Gasteiger partial charge is 0.423 e. The summed E-state index contributed by atoms with van der Waals surface area (Å²) >= 11 is 3.37. The maximum Gasteiger partial charge on any atom is 0.489 e. The molecule has 18 heavy (non-hydrogen) atoms. The minimum absolute atomic E-state index is 0.477. The van der Waals surface area contributed by atoms with E-state index in [9.17, 15) is 10.0 Å². The lowest BCUT2D eigenvalue weighted by Gasteiger charge is -2.12. The molecular weight excluding hydrogens is 291 g/mol. The van der Waals surface area contributed by atoms with Crippen LogP contribution in [0.25, 0.3) is 11.1 Å². The highest BCUT2D eigenvalue weighted by Gasteiger charge is 2.16. The predicted molar refractivity (Wildman–Crippen MR) is 78.9 cm³/mol. The summed E-state index contributed by atoms with van der Waals surface area (Å²) in [4.78, 5) is 0. The molecule has 2 aromatic carbocycles. The third kappa shape index (κ3) is 2.51. The van der Waals surface area contributed by atoms with Crippen LogP contribution in [0.4, 0.5) is 0 Å². The van der Waals surface area contributed by atoms with Gasteiger partial charge < -0.3 is 10.0 Å². The molecule has 4 heteroatoms. The molecule has 2 nitrogen and oxygen atoms in total. The molecule has 0 fully saturated rings. The highest BCUT2D eigenvalue weighted by Crippen LogP contribution is 2.28. The average molecular weight is 305 g/mol. The summed E-state index contributed by atoms with van der Waals surface area (Å²) < 4.78 is 0.706. The highest BCUT2D eigenvalue weighted by molar-refractivity contribution is 9.10. The summed E-state index contributed by atoms with van der Waals surface area (Å²) in [5, 5.41) is 18.4. The van der Waals surface area contributed by atoms with Crippen molar-refractivity contribution in [2.24, 2.45) is 0 Å². The summed E-state index contributed by atoms with van der Waals surface area (Å²) in [6, 6.07) is 11.8. The van der Waals surface area contributed by atoms with E-state index in [1.165, 1.54) is 16.7 Å². The second-order valence-corrected chi connectivity index (χ2v) is 5.23. The number of rotatable bonds is 2. The monoisotopic (exact) mass is 304 g/mol. The van der Waals surface area contributed by atoms with Crippen LogP contribution in [-0.2, 0) is 0 Å². The summed E-state index contributed by atoms with van der Waals surface area (Å²) in [5.74, 6) is 0. The summed E-state index contributed by atoms with van der Waals surface area (Å²) in [5.41, 5.74) is 5.16. The molecule has 0 aromatic heterocycles. The van der Waals surface area contributed by atoms with Crippen LogP contribution in [0, 0.1) is 13.8 Å². The molecule has 0 unspecified atom stereocenters. The Bertz CT molecular complexity index is 562. The molecule has 0 amide bonds. The van der Waals surface area contributed by atoms with Crippen molar-refractivity contribution in [3.8, 4) is 11.1 Å². The SMILES string of the molecule is Cc1cccc(C)c1-c1ccc(B(O)O)c(Br)c1.